The topological polar surface area (TPSA) is 95.9 Å². The summed E-state index contributed by atoms with van der Waals surface area (Å²) in [6.45, 7) is 1.55. The van der Waals surface area contributed by atoms with Gasteiger partial charge in [-0.25, -0.2) is 0 Å². The highest BCUT2D eigenvalue weighted by molar-refractivity contribution is 8.26. The van der Waals surface area contributed by atoms with Gasteiger partial charge in [0.2, 0.25) is 5.91 Å². The molecule has 7 nitrogen and oxygen atoms in total. The summed E-state index contributed by atoms with van der Waals surface area (Å²) in [5, 5.41) is 11.1. The smallest absolute Gasteiger partial charge is 0.305 e. The molecular weight excluding hydrogens is 376 g/mol. The number of carboxylic acids is 1. The van der Waals surface area contributed by atoms with E-state index in [-0.39, 0.29) is 23.2 Å². The number of thioether (sulfide) groups is 1. The molecular formula is C17H18N2O5S2. The number of hydrogen-bond acceptors (Lipinski definition) is 6. The van der Waals surface area contributed by atoms with Crippen LogP contribution in [0.5, 0.6) is 5.75 Å². The van der Waals surface area contributed by atoms with Crippen molar-refractivity contribution < 1.29 is 24.2 Å². The second-order valence-electron chi connectivity index (χ2n) is 5.44. The Morgan fingerprint density at radius 1 is 1.38 bits per heavy atom. The average Bonchev–Trinajstić information content (AvgIpc) is 2.88. The molecule has 1 atom stereocenters. The fourth-order valence-electron chi connectivity index (χ4n) is 2.22. The van der Waals surface area contributed by atoms with E-state index in [1.807, 2.05) is 12.1 Å². The Hall–Kier alpha value is -2.39. The fourth-order valence-corrected chi connectivity index (χ4v) is 3.64. The summed E-state index contributed by atoms with van der Waals surface area (Å²) in [5.41, 5.74) is 0.810. The maximum Gasteiger partial charge on any atom is 0.305 e. The number of aliphatic carboxylic acids is 1. The molecule has 2 amide bonds. The van der Waals surface area contributed by atoms with E-state index in [0.29, 0.717) is 10.7 Å². The Balaban J connectivity index is 2.08. The number of carbonyl (C=O) groups is 3. The van der Waals surface area contributed by atoms with Crippen LogP contribution in [-0.2, 0) is 14.4 Å². The normalized spacial score (nSPS) is 16.7. The molecule has 9 heteroatoms. The van der Waals surface area contributed by atoms with Crippen molar-refractivity contribution in [2.24, 2.45) is 0 Å². The molecule has 2 N–H and O–H groups in total. The lowest BCUT2D eigenvalue weighted by Gasteiger charge is -2.22. The molecule has 0 spiro atoms. The number of methoxy groups -OCH3 is 1. The number of hydrogen-bond donors (Lipinski definition) is 2. The summed E-state index contributed by atoms with van der Waals surface area (Å²) < 4.78 is 5.38. The molecule has 0 aliphatic carbocycles. The number of ether oxygens (including phenoxy) is 1. The van der Waals surface area contributed by atoms with Crippen LogP contribution >= 0.6 is 24.0 Å². The van der Waals surface area contributed by atoms with Crippen molar-refractivity contribution in [3.8, 4) is 5.75 Å². The molecule has 2 rings (SSSR count). The van der Waals surface area contributed by atoms with E-state index in [1.54, 1.807) is 32.2 Å². The first kappa shape index (κ1) is 19.9. The van der Waals surface area contributed by atoms with Gasteiger partial charge in [0.1, 0.15) is 16.1 Å². The van der Waals surface area contributed by atoms with Crippen molar-refractivity contribution in [2.45, 2.75) is 19.4 Å². The van der Waals surface area contributed by atoms with Crippen LogP contribution < -0.4 is 10.1 Å². The molecule has 0 saturated carbocycles. The fraction of sp³-hybridized carbons (Fsp3) is 0.294. The maximum absolute atomic E-state index is 12.6. The van der Waals surface area contributed by atoms with Crippen molar-refractivity contribution in [1.82, 2.24) is 10.2 Å². The molecule has 0 bridgehead atoms. The highest BCUT2D eigenvalue weighted by Gasteiger charge is 2.38. The summed E-state index contributed by atoms with van der Waals surface area (Å²) in [6, 6.07) is 6.37. The van der Waals surface area contributed by atoms with Gasteiger partial charge in [-0.15, -0.1) is 0 Å². The summed E-state index contributed by atoms with van der Waals surface area (Å²) in [4.78, 5) is 36.9. The average molecular weight is 394 g/mol. The summed E-state index contributed by atoms with van der Waals surface area (Å²) in [6.07, 6.45) is 1.52. The number of benzene rings is 1. The van der Waals surface area contributed by atoms with E-state index in [4.69, 9.17) is 22.1 Å². The van der Waals surface area contributed by atoms with Crippen LogP contribution in [0.15, 0.2) is 29.2 Å². The Morgan fingerprint density at radius 3 is 2.62 bits per heavy atom. The summed E-state index contributed by atoms with van der Waals surface area (Å²) in [7, 11) is 1.57. The second-order valence-corrected chi connectivity index (χ2v) is 7.11. The van der Waals surface area contributed by atoms with Crippen LogP contribution in [0, 0.1) is 0 Å². The third-order valence-corrected chi connectivity index (χ3v) is 4.97. The molecule has 1 aliphatic rings. The Labute approximate surface area is 160 Å². The van der Waals surface area contributed by atoms with E-state index in [0.717, 1.165) is 17.3 Å². The van der Waals surface area contributed by atoms with Crippen molar-refractivity contribution >= 4 is 52.2 Å². The number of nitrogens with one attached hydrogen (secondary N) is 1. The number of carbonyl (C=O) groups excluding carboxylic acids is 2. The lowest BCUT2D eigenvalue weighted by atomic mass is 10.2. The quantitative estimate of drug-likeness (QED) is 0.538. The van der Waals surface area contributed by atoms with Gasteiger partial charge in [0, 0.05) is 6.54 Å². The Bertz CT molecular complexity index is 761. The van der Waals surface area contributed by atoms with Gasteiger partial charge >= 0.3 is 5.97 Å². The number of amides is 2. The monoisotopic (exact) mass is 394 g/mol. The molecule has 1 unspecified atom stereocenters. The molecule has 26 heavy (non-hydrogen) atoms. The van der Waals surface area contributed by atoms with E-state index < -0.39 is 17.9 Å². The first-order valence-electron chi connectivity index (χ1n) is 7.74. The van der Waals surface area contributed by atoms with Crippen LogP contribution in [0.25, 0.3) is 6.08 Å². The minimum atomic E-state index is -1.01. The molecule has 138 valence electrons. The molecule has 0 radical (unpaired) electrons. The van der Waals surface area contributed by atoms with Gasteiger partial charge in [0.05, 0.1) is 18.4 Å². The van der Waals surface area contributed by atoms with Gasteiger partial charge < -0.3 is 15.2 Å². The SMILES string of the molecule is COc1ccc(/C=C2\SC(=S)N(C(C)C(=O)NCCC(=O)O)C2=O)cc1. The molecule has 1 fully saturated rings. The zero-order chi connectivity index (χ0) is 19.3. The van der Waals surface area contributed by atoms with Gasteiger partial charge in [0.25, 0.3) is 5.91 Å². The number of nitrogens with zero attached hydrogens (tertiary/aromatic N) is 1. The zero-order valence-electron chi connectivity index (χ0n) is 14.2. The lowest BCUT2D eigenvalue weighted by molar-refractivity contribution is -0.137. The molecule has 1 aliphatic heterocycles. The van der Waals surface area contributed by atoms with Crippen molar-refractivity contribution in [2.75, 3.05) is 13.7 Å². The summed E-state index contributed by atoms with van der Waals surface area (Å²) >= 11 is 6.36. The van der Waals surface area contributed by atoms with Crippen molar-refractivity contribution in [3.05, 3.63) is 34.7 Å². The number of thiocarbonyl (C=S) groups is 1. The zero-order valence-corrected chi connectivity index (χ0v) is 15.9. The molecule has 1 aromatic carbocycles. The first-order valence-corrected chi connectivity index (χ1v) is 8.96. The Kier molecular flexibility index (Phi) is 6.76. The van der Waals surface area contributed by atoms with E-state index >= 15 is 0 Å². The number of carboxylic acid groups (broad SMARTS) is 1. The third-order valence-electron chi connectivity index (χ3n) is 3.64. The standard InChI is InChI=1S/C17H18N2O5S2/c1-10(15(22)18-8-7-14(20)21)19-16(23)13(26-17(19)25)9-11-3-5-12(24-2)6-4-11/h3-6,9-10H,7-8H2,1-2H3,(H,18,22)(H,20,21)/b13-9-. The van der Waals surface area contributed by atoms with Crippen LogP contribution in [0.4, 0.5) is 0 Å². The van der Waals surface area contributed by atoms with E-state index in [1.165, 1.54) is 4.90 Å². The van der Waals surface area contributed by atoms with Gasteiger partial charge in [-0.05, 0) is 30.7 Å². The molecule has 0 aromatic heterocycles. The van der Waals surface area contributed by atoms with Gasteiger partial charge in [-0.3, -0.25) is 19.3 Å². The van der Waals surface area contributed by atoms with Crippen LogP contribution in [0.3, 0.4) is 0 Å². The predicted octanol–water partition coefficient (Wildman–Crippen LogP) is 1.88. The Morgan fingerprint density at radius 2 is 2.04 bits per heavy atom. The molecule has 1 aromatic rings. The third kappa shape index (κ3) is 4.83. The highest BCUT2D eigenvalue weighted by Crippen LogP contribution is 2.34. The van der Waals surface area contributed by atoms with E-state index in [2.05, 4.69) is 5.32 Å². The van der Waals surface area contributed by atoms with Crippen molar-refractivity contribution in [1.29, 1.82) is 0 Å². The number of rotatable bonds is 7. The van der Waals surface area contributed by atoms with Crippen LogP contribution in [0.1, 0.15) is 18.9 Å². The minimum absolute atomic E-state index is 0.00497. The maximum atomic E-state index is 12.6. The van der Waals surface area contributed by atoms with Gasteiger partial charge in [-0.1, -0.05) is 36.1 Å². The molecule has 1 saturated heterocycles. The summed E-state index contributed by atoms with van der Waals surface area (Å²) in [5.74, 6) is -1.10. The lowest BCUT2D eigenvalue weighted by Crippen LogP contribution is -2.47. The van der Waals surface area contributed by atoms with Gasteiger partial charge in [0.15, 0.2) is 0 Å². The highest BCUT2D eigenvalue weighted by atomic mass is 32.2. The van der Waals surface area contributed by atoms with Crippen LogP contribution in [0.2, 0.25) is 0 Å². The van der Waals surface area contributed by atoms with Gasteiger partial charge in [-0.2, -0.15) is 0 Å². The first-order chi connectivity index (χ1) is 12.3. The second kappa shape index (κ2) is 8.81. The van der Waals surface area contributed by atoms with Crippen molar-refractivity contribution in [3.63, 3.8) is 0 Å². The van der Waals surface area contributed by atoms with E-state index in [9.17, 15) is 14.4 Å². The minimum Gasteiger partial charge on any atom is -0.497 e. The molecule has 1 heterocycles. The largest absolute Gasteiger partial charge is 0.497 e. The predicted molar refractivity (Wildman–Crippen MR) is 103 cm³/mol. The van der Waals surface area contributed by atoms with Crippen LogP contribution in [-0.4, -0.2) is 51.8 Å².